The summed E-state index contributed by atoms with van der Waals surface area (Å²) in [7, 11) is -0.279. The zero-order chi connectivity index (χ0) is 18.0. The lowest BCUT2D eigenvalue weighted by Gasteiger charge is -2.18. The van der Waals surface area contributed by atoms with Gasteiger partial charge in [-0.2, -0.15) is 0 Å². The van der Waals surface area contributed by atoms with Gasteiger partial charge in [-0.1, -0.05) is 24.3 Å². The zero-order valence-electron chi connectivity index (χ0n) is 14.5. The monoisotopic (exact) mass is 364 g/mol. The van der Waals surface area contributed by atoms with Crippen molar-refractivity contribution in [2.24, 2.45) is 5.92 Å². The predicted molar refractivity (Wildman–Crippen MR) is 96.4 cm³/mol. The molecule has 136 valence electrons. The van der Waals surface area contributed by atoms with Gasteiger partial charge in [0.25, 0.3) is 0 Å². The lowest BCUT2D eigenvalue weighted by molar-refractivity contribution is 0.148. The van der Waals surface area contributed by atoms with E-state index in [4.69, 9.17) is 4.42 Å². The van der Waals surface area contributed by atoms with Gasteiger partial charge >= 0.3 is 0 Å². The number of nitrogens with zero attached hydrogens (tertiary/aromatic N) is 2. The average molecular weight is 364 g/mol. The minimum absolute atomic E-state index is 0.0303. The van der Waals surface area contributed by atoms with Gasteiger partial charge in [-0.25, -0.2) is 12.7 Å². The molecule has 1 N–H and O–H groups in total. The standard InChI is InChI=1S/C18H24N2O4S/c1-19(2)25(22,23)13-15-11-20(12-17(15)21)10-14-6-3-4-7-16(14)18-8-5-9-24-18/h3-9,15,17,21H,10-13H2,1-2H3/t15-,17+/m0/s1. The van der Waals surface area contributed by atoms with E-state index in [1.165, 1.54) is 18.4 Å². The first kappa shape index (κ1) is 18.1. The first-order valence-corrected chi connectivity index (χ1v) is 9.90. The minimum atomic E-state index is -3.32. The SMILES string of the molecule is CN(C)S(=O)(=O)C[C@@H]1CN(Cc2ccccc2-c2ccco2)C[C@H]1O. The molecule has 1 aromatic carbocycles. The summed E-state index contributed by atoms with van der Waals surface area (Å²) in [6, 6.07) is 11.8. The van der Waals surface area contributed by atoms with Crippen molar-refractivity contribution in [3.8, 4) is 11.3 Å². The summed E-state index contributed by atoms with van der Waals surface area (Å²) in [5.74, 6) is 0.502. The van der Waals surface area contributed by atoms with Crippen LogP contribution in [0.5, 0.6) is 0 Å². The maximum Gasteiger partial charge on any atom is 0.214 e. The molecule has 6 nitrogen and oxygen atoms in total. The maximum absolute atomic E-state index is 12.1. The number of hydrogen-bond acceptors (Lipinski definition) is 5. The Labute approximate surface area is 148 Å². The summed E-state index contributed by atoms with van der Waals surface area (Å²) in [5.41, 5.74) is 2.12. The van der Waals surface area contributed by atoms with Crippen LogP contribution < -0.4 is 0 Å². The van der Waals surface area contributed by atoms with Crippen molar-refractivity contribution in [3.63, 3.8) is 0 Å². The second kappa shape index (κ2) is 7.29. The molecule has 2 heterocycles. The molecule has 2 aromatic rings. The van der Waals surface area contributed by atoms with Crippen molar-refractivity contribution in [2.45, 2.75) is 12.6 Å². The summed E-state index contributed by atoms with van der Waals surface area (Å²) < 4.78 is 30.9. The fourth-order valence-corrected chi connectivity index (χ4v) is 4.39. The van der Waals surface area contributed by atoms with E-state index in [2.05, 4.69) is 4.90 Å². The quantitative estimate of drug-likeness (QED) is 0.843. The molecule has 1 fully saturated rings. The first-order valence-electron chi connectivity index (χ1n) is 8.29. The van der Waals surface area contributed by atoms with E-state index < -0.39 is 16.1 Å². The van der Waals surface area contributed by atoms with Crippen LogP contribution in [0.3, 0.4) is 0 Å². The third-order valence-electron chi connectivity index (χ3n) is 4.66. The number of benzene rings is 1. The van der Waals surface area contributed by atoms with Crippen molar-refractivity contribution < 1.29 is 17.9 Å². The van der Waals surface area contributed by atoms with Crippen LogP contribution in [-0.4, -0.2) is 61.8 Å². The summed E-state index contributed by atoms with van der Waals surface area (Å²) in [6.07, 6.45) is 1.01. The largest absolute Gasteiger partial charge is 0.464 e. The van der Waals surface area contributed by atoms with Gasteiger partial charge in [0, 0.05) is 45.2 Å². The van der Waals surface area contributed by atoms with Crippen LogP contribution >= 0.6 is 0 Å². The molecule has 1 aliphatic rings. The van der Waals surface area contributed by atoms with Crippen molar-refractivity contribution in [3.05, 3.63) is 48.2 Å². The van der Waals surface area contributed by atoms with E-state index in [9.17, 15) is 13.5 Å². The highest BCUT2D eigenvalue weighted by atomic mass is 32.2. The number of hydrogen-bond donors (Lipinski definition) is 1. The number of sulfonamides is 1. The molecule has 0 unspecified atom stereocenters. The van der Waals surface area contributed by atoms with Crippen LogP contribution in [-0.2, 0) is 16.6 Å². The highest BCUT2D eigenvalue weighted by Gasteiger charge is 2.35. The fraction of sp³-hybridized carbons (Fsp3) is 0.444. The normalized spacial score (nSPS) is 21.9. The van der Waals surface area contributed by atoms with Gasteiger partial charge in [0.1, 0.15) is 5.76 Å². The molecule has 1 aliphatic heterocycles. The lowest BCUT2D eigenvalue weighted by atomic mass is 10.0. The van der Waals surface area contributed by atoms with Crippen molar-refractivity contribution in [1.29, 1.82) is 0 Å². The topological polar surface area (TPSA) is 74.0 Å². The Bertz CT molecular complexity index is 802. The van der Waals surface area contributed by atoms with Crippen LogP contribution in [0.15, 0.2) is 47.1 Å². The van der Waals surface area contributed by atoms with Crippen molar-refractivity contribution in [1.82, 2.24) is 9.21 Å². The number of β-amino-alcohol motifs (C(OH)–C–C–N with tert-alkyl or cyclic N) is 1. The molecule has 7 heteroatoms. The molecule has 25 heavy (non-hydrogen) atoms. The average Bonchev–Trinajstić information content (AvgIpc) is 3.18. The predicted octanol–water partition coefficient (Wildman–Crippen LogP) is 1.63. The second-order valence-electron chi connectivity index (χ2n) is 6.72. The molecule has 0 radical (unpaired) electrons. The number of rotatable bonds is 6. The van der Waals surface area contributed by atoms with Gasteiger partial charge < -0.3 is 9.52 Å². The van der Waals surface area contributed by atoms with Crippen LogP contribution in [0.4, 0.5) is 0 Å². The highest BCUT2D eigenvalue weighted by Crippen LogP contribution is 2.27. The van der Waals surface area contributed by atoms with E-state index in [0.717, 1.165) is 16.9 Å². The number of likely N-dealkylation sites (tertiary alicyclic amines) is 1. The van der Waals surface area contributed by atoms with E-state index in [-0.39, 0.29) is 11.7 Å². The van der Waals surface area contributed by atoms with Crippen molar-refractivity contribution in [2.75, 3.05) is 32.9 Å². The summed E-state index contributed by atoms with van der Waals surface area (Å²) in [4.78, 5) is 2.10. The molecule has 1 aromatic heterocycles. The van der Waals surface area contributed by atoms with Gasteiger partial charge in [-0.15, -0.1) is 0 Å². The van der Waals surface area contributed by atoms with Crippen LogP contribution in [0, 0.1) is 5.92 Å². The van der Waals surface area contributed by atoms with Crippen molar-refractivity contribution >= 4 is 10.0 Å². The molecule has 0 bridgehead atoms. The van der Waals surface area contributed by atoms with E-state index in [0.29, 0.717) is 19.6 Å². The molecule has 1 saturated heterocycles. The van der Waals surface area contributed by atoms with E-state index >= 15 is 0 Å². The number of aliphatic hydroxyl groups is 1. The van der Waals surface area contributed by atoms with Crippen LogP contribution in [0.25, 0.3) is 11.3 Å². The molecule has 0 aliphatic carbocycles. The Kier molecular flexibility index (Phi) is 5.29. The summed E-state index contributed by atoms with van der Waals surface area (Å²) in [5, 5.41) is 10.3. The minimum Gasteiger partial charge on any atom is -0.464 e. The fourth-order valence-electron chi connectivity index (χ4n) is 3.23. The Morgan fingerprint density at radius 2 is 1.96 bits per heavy atom. The summed E-state index contributed by atoms with van der Waals surface area (Å²) in [6.45, 7) is 1.67. The molecule has 3 rings (SSSR count). The molecular weight excluding hydrogens is 340 g/mol. The third-order valence-corrected chi connectivity index (χ3v) is 6.62. The molecule has 0 spiro atoms. The molecule has 0 saturated carbocycles. The Morgan fingerprint density at radius 1 is 1.20 bits per heavy atom. The van der Waals surface area contributed by atoms with Crippen LogP contribution in [0.2, 0.25) is 0 Å². The highest BCUT2D eigenvalue weighted by molar-refractivity contribution is 7.89. The molecular formula is C18H24N2O4S. The first-order chi connectivity index (χ1) is 11.9. The van der Waals surface area contributed by atoms with Gasteiger partial charge in [0.15, 0.2) is 0 Å². The second-order valence-corrected chi connectivity index (χ2v) is 8.94. The number of aliphatic hydroxyl groups excluding tert-OH is 1. The van der Waals surface area contributed by atoms with E-state index in [1.807, 2.05) is 36.4 Å². The molecule has 2 atom stereocenters. The zero-order valence-corrected chi connectivity index (χ0v) is 15.3. The van der Waals surface area contributed by atoms with Gasteiger partial charge in [-0.05, 0) is 17.7 Å². The van der Waals surface area contributed by atoms with Crippen LogP contribution in [0.1, 0.15) is 5.56 Å². The van der Waals surface area contributed by atoms with Gasteiger partial charge in [-0.3, -0.25) is 4.90 Å². The number of furan rings is 1. The Hall–Kier alpha value is -1.67. The lowest BCUT2D eigenvalue weighted by Crippen LogP contribution is -2.33. The van der Waals surface area contributed by atoms with Gasteiger partial charge in [0.05, 0.1) is 18.1 Å². The molecule has 0 amide bonds. The van der Waals surface area contributed by atoms with E-state index in [1.54, 1.807) is 6.26 Å². The Balaban J connectivity index is 1.72. The smallest absolute Gasteiger partial charge is 0.214 e. The summed E-state index contributed by atoms with van der Waals surface area (Å²) >= 11 is 0. The maximum atomic E-state index is 12.1. The third kappa shape index (κ3) is 4.12. The van der Waals surface area contributed by atoms with Gasteiger partial charge in [0.2, 0.25) is 10.0 Å². The Morgan fingerprint density at radius 3 is 2.64 bits per heavy atom.